The molecule has 0 radical (unpaired) electrons. The first-order valence-corrected chi connectivity index (χ1v) is 11.4. The number of carbonyl (C=O) groups excluding carboxylic acids is 2. The van der Waals surface area contributed by atoms with Crippen LogP contribution >= 0.6 is 11.3 Å². The topological polar surface area (TPSA) is 110 Å². The summed E-state index contributed by atoms with van der Waals surface area (Å²) in [7, 11) is 0. The predicted molar refractivity (Wildman–Crippen MR) is 128 cm³/mol. The van der Waals surface area contributed by atoms with E-state index in [0.717, 1.165) is 22.4 Å². The SMILES string of the molecule is Cc1ccc(-c2nc(C(=O)OCC(=O)Nc3c(C#N)c(C)c(C)n3Cc3ccco3)cs2)cc1. The number of ether oxygens (including phenoxy) is 1. The smallest absolute Gasteiger partial charge is 0.358 e. The molecule has 0 bridgehead atoms. The van der Waals surface area contributed by atoms with Gasteiger partial charge in [0.25, 0.3) is 5.91 Å². The van der Waals surface area contributed by atoms with Gasteiger partial charge < -0.3 is 19.0 Å². The Kier molecular flexibility index (Phi) is 6.61. The van der Waals surface area contributed by atoms with Crippen LogP contribution < -0.4 is 5.32 Å². The standard InChI is InChI=1S/C25H22N4O4S/c1-15-6-8-18(9-7-15)24-27-21(14-34-24)25(31)33-13-22(30)28-23-20(11-26)16(2)17(3)29(23)12-19-5-4-10-32-19/h4-10,14H,12-13H2,1-3H3,(H,28,30). The number of rotatable bonds is 7. The second-order valence-electron chi connectivity index (χ2n) is 7.74. The van der Waals surface area contributed by atoms with Crippen molar-refractivity contribution in [3.05, 3.63) is 81.9 Å². The zero-order valence-corrected chi connectivity index (χ0v) is 19.7. The van der Waals surface area contributed by atoms with Crippen molar-refractivity contribution in [1.82, 2.24) is 9.55 Å². The lowest BCUT2D eigenvalue weighted by Crippen LogP contribution is -2.23. The predicted octanol–water partition coefficient (Wildman–Crippen LogP) is 4.85. The summed E-state index contributed by atoms with van der Waals surface area (Å²) in [6.07, 6.45) is 1.56. The van der Waals surface area contributed by atoms with Crippen LogP contribution in [0.25, 0.3) is 10.6 Å². The molecule has 0 saturated carbocycles. The fourth-order valence-corrected chi connectivity index (χ4v) is 4.25. The number of anilines is 1. The van der Waals surface area contributed by atoms with Crippen LogP contribution in [0.15, 0.2) is 52.5 Å². The van der Waals surface area contributed by atoms with Gasteiger partial charge in [-0.25, -0.2) is 9.78 Å². The van der Waals surface area contributed by atoms with E-state index in [-0.39, 0.29) is 5.69 Å². The maximum absolute atomic E-state index is 12.6. The average molecular weight is 475 g/mol. The Labute approximate surface area is 200 Å². The van der Waals surface area contributed by atoms with Gasteiger partial charge in [-0.05, 0) is 38.5 Å². The number of aryl methyl sites for hydroxylation is 1. The zero-order chi connectivity index (χ0) is 24.2. The number of thiazole rings is 1. The Morgan fingerprint density at radius 3 is 2.65 bits per heavy atom. The Hall–Kier alpha value is -4.16. The maximum atomic E-state index is 12.6. The third kappa shape index (κ3) is 4.77. The highest BCUT2D eigenvalue weighted by atomic mass is 32.1. The number of amides is 1. The third-order valence-electron chi connectivity index (χ3n) is 5.44. The number of benzene rings is 1. The highest BCUT2D eigenvalue weighted by Crippen LogP contribution is 2.28. The van der Waals surface area contributed by atoms with Gasteiger partial charge in [0, 0.05) is 16.6 Å². The van der Waals surface area contributed by atoms with E-state index in [9.17, 15) is 14.9 Å². The summed E-state index contributed by atoms with van der Waals surface area (Å²) in [5.41, 5.74) is 4.11. The van der Waals surface area contributed by atoms with Gasteiger partial charge in [-0.15, -0.1) is 11.3 Å². The van der Waals surface area contributed by atoms with Crippen LogP contribution in [0.1, 0.15) is 38.6 Å². The number of carbonyl (C=O) groups is 2. The molecule has 0 unspecified atom stereocenters. The third-order valence-corrected chi connectivity index (χ3v) is 6.33. The molecule has 0 saturated heterocycles. The van der Waals surface area contributed by atoms with Gasteiger partial charge in [0.05, 0.1) is 18.4 Å². The van der Waals surface area contributed by atoms with Gasteiger partial charge >= 0.3 is 5.97 Å². The summed E-state index contributed by atoms with van der Waals surface area (Å²) >= 11 is 1.33. The van der Waals surface area contributed by atoms with Crippen molar-refractivity contribution < 1.29 is 18.7 Å². The first-order valence-electron chi connectivity index (χ1n) is 10.5. The molecule has 1 aromatic carbocycles. The lowest BCUT2D eigenvalue weighted by Gasteiger charge is -2.12. The summed E-state index contributed by atoms with van der Waals surface area (Å²) in [6.45, 7) is 5.51. The number of esters is 1. The molecular weight excluding hydrogens is 452 g/mol. The van der Waals surface area contributed by atoms with Crippen molar-refractivity contribution in [2.24, 2.45) is 0 Å². The Morgan fingerprint density at radius 2 is 1.97 bits per heavy atom. The van der Waals surface area contributed by atoms with Crippen molar-refractivity contribution in [1.29, 1.82) is 5.26 Å². The molecule has 3 heterocycles. The summed E-state index contributed by atoms with van der Waals surface area (Å²) < 4.78 is 12.4. The van der Waals surface area contributed by atoms with Gasteiger partial charge in [-0.1, -0.05) is 29.8 Å². The quantitative estimate of drug-likeness (QED) is 0.384. The molecule has 172 valence electrons. The lowest BCUT2D eigenvalue weighted by molar-refractivity contribution is -0.119. The molecule has 0 aliphatic rings. The molecule has 4 rings (SSSR count). The molecule has 1 N–H and O–H groups in total. The van der Waals surface area contributed by atoms with E-state index in [1.807, 2.05) is 51.1 Å². The number of nitrogens with zero attached hydrogens (tertiary/aromatic N) is 3. The Balaban J connectivity index is 1.43. The molecule has 0 atom stereocenters. The number of aromatic nitrogens is 2. The van der Waals surface area contributed by atoms with Crippen LogP contribution in [0.5, 0.6) is 0 Å². The number of nitriles is 1. The first-order chi connectivity index (χ1) is 16.4. The van der Waals surface area contributed by atoms with Crippen LogP contribution in [0, 0.1) is 32.1 Å². The van der Waals surface area contributed by atoms with E-state index < -0.39 is 18.5 Å². The second-order valence-corrected chi connectivity index (χ2v) is 8.60. The largest absolute Gasteiger partial charge is 0.467 e. The van der Waals surface area contributed by atoms with E-state index in [2.05, 4.69) is 16.4 Å². The molecule has 8 nitrogen and oxygen atoms in total. The fourth-order valence-electron chi connectivity index (χ4n) is 3.46. The minimum absolute atomic E-state index is 0.138. The molecule has 9 heteroatoms. The molecule has 0 fully saturated rings. The van der Waals surface area contributed by atoms with Crippen molar-refractivity contribution >= 4 is 29.0 Å². The summed E-state index contributed by atoms with van der Waals surface area (Å²) in [5, 5.41) is 14.6. The fraction of sp³-hybridized carbons (Fsp3) is 0.200. The monoisotopic (exact) mass is 474 g/mol. The van der Waals surface area contributed by atoms with Gasteiger partial charge in [-0.3, -0.25) is 4.79 Å². The highest BCUT2D eigenvalue weighted by Gasteiger charge is 2.21. The number of hydrogen-bond acceptors (Lipinski definition) is 7. The van der Waals surface area contributed by atoms with Crippen molar-refractivity contribution in [3.63, 3.8) is 0 Å². The molecule has 4 aromatic rings. The van der Waals surface area contributed by atoms with Crippen LogP contribution in [-0.2, 0) is 16.1 Å². The van der Waals surface area contributed by atoms with Crippen molar-refractivity contribution in [2.75, 3.05) is 11.9 Å². The Bertz CT molecular complexity index is 1380. The molecule has 0 aliphatic heterocycles. The van der Waals surface area contributed by atoms with Crippen molar-refractivity contribution in [3.8, 4) is 16.6 Å². The van der Waals surface area contributed by atoms with Gasteiger partial charge in [0.2, 0.25) is 0 Å². The van der Waals surface area contributed by atoms with Gasteiger partial charge in [0.15, 0.2) is 12.3 Å². The van der Waals surface area contributed by atoms with Crippen LogP contribution in [0.4, 0.5) is 5.82 Å². The molecule has 0 aliphatic carbocycles. The molecule has 34 heavy (non-hydrogen) atoms. The number of hydrogen-bond donors (Lipinski definition) is 1. The average Bonchev–Trinajstić information content (AvgIpc) is 3.57. The molecule has 1 amide bonds. The second kappa shape index (κ2) is 9.77. The summed E-state index contributed by atoms with van der Waals surface area (Å²) in [4.78, 5) is 29.4. The minimum atomic E-state index is -0.691. The highest BCUT2D eigenvalue weighted by molar-refractivity contribution is 7.13. The Morgan fingerprint density at radius 1 is 1.21 bits per heavy atom. The van der Waals surface area contributed by atoms with Crippen LogP contribution in [0.2, 0.25) is 0 Å². The molecule has 0 spiro atoms. The minimum Gasteiger partial charge on any atom is -0.467 e. The summed E-state index contributed by atoms with van der Waals surface area (Å²) in [5.74, 6) is -0.233. The van der Waals surface area contributed by atoms with E-state index >= 15 is 0 Å². The first kappa shape index (κ1) is 23.0. The van der Waals surface area contributed by atoms with Gasteiger partial charge in [-0.2, -0.15) is 5.26 Å². The molecule has 3 aromatic heterocycles. The summed E-state index contributed by atoms with van der Waals surface area (Å²) in [6, 6.07) is 13.5. The van der Waals surface area contributed by atoms with Crippen LogP contribution in [0.3, 0.4) is 0 Å². The lowest BCUT2D eigenvalue weighted by atomic mass is 10.2. The number of nitrogens with one attached hydrogen (secondary N) is 1. The van der Waals surface area contributed by atoms with E-state index in [1.165, 1.54) is 11.3 Å². The number of furan rings is 1. The van der Waals surface area contributed by atoms with Crippen LogP contribution in [-0.4, -0.2) is 28.0 Å². The van der Waals surface area contributed by atoms with E-state index in [1.54, 1.807) is 22.3 Å². The van der Waals surface area contributed by atoms with Crippen molar-refractivity contribution in [2.45, 2.75) is 27.3 Å². The zero-order valence-electron chi connectivity index (χ0n) is 18.9. The van der Waals surface area contributed by atoms with E-state index in [4.69, 9.17) is 9.15 Å². The van der Waals surface area contributed by atoms with E-state index in [0.29, 0.717) is 28.7 Å². The maximum Gasteiger partial charge on any atom is 0.358 e. The normalized spacial score (nSPS) is 10.6. The molecular formula is C25H22N4O4S. The van der Waals surface area contributed by atoms with Gasteiger partial charge in [0.1, 0.15) is 22.7 Å².